The lowest BCUT2D eigenvalue weighted by Gasteiger charge is -2.40. The van der Waals surface area contributed by atoms with Gasteiger partial charge in [-0.05, 0) is 63.3 Å². The van der Waals surface area contributed by atoms with Crippen LogP contribution in [0.4, 0.5) is 0 Å². The van der Waals surface area contributed by atoms with Crippen LogP contribution in [-0.4, -0.2) is 110 Å². The quantitative estimate of drug-likeness (QED) is 0.109. The molecule has 2 aromatic rings. The Morgan fingerprint density at radius 1 is 0.797 bits per heavy atom. The van der Waals surface area contributed by atoms with Crippen LogP contribution in [0, 0.1) is 5.92 Å². The van der Waals surface area contributed by atoms with Crippen LogP contribution >= 0.6 is 21.6 Å². The van der Waals surface area contributed by atoms with E-state index < -0.39 is 112 Å². The summed E-state index contributed by atoms with van der Waals surface area (Å²) >= 11 is 0. The number of benzene rings is 2. The molecule has 1 aliphatic rings. The molecule has 59 heavy (non-hydrogen) atoms. The maximum absolute atomic E-state index is 14.4. The second-order valence-corrected chi connectivity index (χ2v) is 19.0. The number of nitrogens with two attached hydrogens (primary N) is 2. The Kier molecular flexibility index (Phi) is 17.2. The summed E-state index contributed by atoms with van der Waals surface area (Å²) in [6, 6.07) is 6.29. The van der Waals surface area contributed by atoms with Gasteiger partial charge in [-0.3, -0.25) is 38.4 Å². The summed E-state index contributed by atoms with van der Waals surface area (Å²) in [5.74, 6) is -7.83. The number of carbonyl (C=O) groups excluding carboxylic acids is 7. The molecule has 0 saturated carbocycles. The number of hydrogen-bond acceptors (Lipinski definition) is 12. The number of aliphatic carboxylic acids is 1. The van der Waals surface area contributed by atoms with E-state index in [9.17, 15) is 48.6 Å². The molecule has 20 heteroatoms. The predicted octanol–water partition coefficient (Wildman–Crippen LogP) is -0.387. The highest BCUT2D eigenvalue weighted by molar-refractivity contribution is 8.77. The number of rotatable bonds is 14. The van der Waals surface area contributed by atoms with E-state index in [2.05, 4.69) is 31.9 Å². The van der Waals surface area contributed by atoms with Crippen molar-refractivity contribution in [1.82, 2.24) is 31.9 Å². The van der Waals surface area contributed by atoms with Crippen molar-refractivity contribution in [2.75, 3.05) is 6.54 Å². The number of nitrogens with one attached hydrogen (secondary N) is 6. The van der Waals surface area contributed by atoms with Gasteiger partial charge in [0.2, 0.25) is 41.4 Å². The number of phenols is 1. The second-order valence-electron chi connectivity index (χ2n) is 15.6. The van der Waals surface area contributed by atoms with E-state index in [-0.39, 0.29) is 18.6 Å². The molecule has 322 valence electrons. The predicted molar refractivity (Wildman–Crippen MR) is 222 cm³/mol. The number of primary amides is 1. The molecule has 12 N–H and O–H groups in total. The molecule has 2 aromatic carbocycles. The van der Waals surface area contributed by atoms with Crippen LogP contribution < -0.4 is 43.4 Å². The first-order chi connectivity index (χ1) is 27.5. The van der Waals surface area contributed by atoms with Crippen molar-refractivity contribution in [1.29, 1.82) is 0 Å². The van der Waals surface area contributed by atoms with Crippen molar-refractivity contribution >= 4 is 68.9 Å². The fourth-order valence-corrected chi connectivity index (χ4v) is 8.74. The molecule has 1 saturated heterocycles. The van der Waals surface area contributed by atoms with Crippen LogP contribution in [-0.2, 0) is 51.2 Å². The Balaban J connectivity index is 2.11. The Hall–Kier alpha value is -5.34. The van der Waals surface area contributed by atoms with Crippen LogP contribution in [0.25, 0.3) is 0 Å². The highest BCUT2D eigenvalue weighted by atomic mass is 33.1. The standard InChI is InChI=1S/C39H54N8O10S2/c1-20(2)29(35(55)42-19-27(41)49)45-37(57)31-39(5,6)59-58-38(3,4)30(46-32(52)24(40)16-22-12-14-23(48)15-13-22)36(56)44-25(17-21-10-8-7-9-11-21)33(53)43-26(18-28(50)51)34(54)47-31/h7-15,20,24-26,29-31,48H,16-19,40H2,1-6H3,(H2,41,49)(H,42,55)(H,43,53)(H,44,56)(H,45,57)(H,46,52)(H,47,54)(H,50,51)/t24-,25-,26-,29-,30-,31?/m0/s1. The molecular formula is C39H54N8O10S2. The normalized spacial score (nSPS) is 21.9. The van der Waals surface area contributed by atoms with Gasteiger partial charge in [-0.2, -0.15) is 0 Å². The van der Waals surface area contributed by atoms with Crippen LogP contribution in [0.2, 0.25) is 0 Å². The van der Waals surface area contributed by atoms with Crippen molar-refractivity contribution in [2.24, 2.45) is 17.4 Å². The minimum absolute atomic E-state index is 0.0236. The molecule has 0 radical (unpaired) electrons. The molecule has 0 aromatic heterocycles. The minimum Gasteiger partial charge on any atom is -0.508 e. The highest BCUT2D eigenvalue weighted by Crippen LogP contribution is 2.47. The van der Waals surface area contributed by atoms with Gasteiger partial charge < -0.3 is 53.6 Å². The smallest absolute Gasteiger partial charge is 0.305 e. The average Bonchev–Trinajstić information content (AvgIpc) is 3.15. The molecule has 3 rings (SSSR count). The van der Waals surface area contributed by atoms with E-state index in [0.717, 1.165) is 21.6 Å². The summed E-state index contributed by atoms with van der Waals surface area (Å²) in [6.07, 6.45) is -0.959. The van der Waals surface area contributed by atoms with Gasteiger partial charge in [0.1, 0.15) is 36.0 Å². The first-order valence-corrected chi connectivity index (χ1v) is 20.9. The zero-order valence-corrected chi connectivity index (χ0v) is 35.3. The average molecular weight is 859 g/mol. The maximum atomic E-state index is 14.4. The van der Waals surface area contributed by atoms with Gasteiger partial charge in [0.25, 0.3) is 0 Å². The van der Waals surface area contributed by atoms with Gasteiger partial charge in [-0.25, -0.2) is 0 Å². The van der Waals surface area contributed by atoms with Crippen LogP contribution in [0.1, 0.15) is 59.1 Å². The lowest BCUT2D eigenvalue weighted by molar-refractivity contribution is -0.141. The largest absolute Gasteiger partial charge is 0.508 e. The maximum Gasteiger partial charge on any atom is 0.305 e. The highest BCUT2D eigenvalue weighted by Gasteiger charge is 2.46. The lowest BCUT2D eigenvalue weighted by atomic mass is 9.98. The molecule has 7 amide bonds. The number of hydrogen-bond donors (Lipinski definition) is 10. The number of aromatic hydroxyl groups is 1. The topological polar surface area (TPSA) is 301 Å². The van der Waals surface area contributed by atoms with Crippen molar-refractivity contribution in [3.63, 3.8) is 0 Å². The van der Waals surface area contributed by atoms with Gasteiger partial charge in [0.15, 0.2) is 0 Å². The fourth-order valence-electron chi connectivity index (χ4n) is 5.92. The zero-order valence-electron chi connectivity index (χ0n) is 33.7. The Labute approximate surface area is 350 Å². The summed E-state index contributed by atoms with van der Waals surface area (Å²) in [5, 5.41) is 34.9. The van der Waals surface area contributed by atoms with E-state index >= 15 is 0 Å². The van der Waals surface area contributed by atoms with Crippen molar-refractivity contribution in [3.05, 3.63) is 65.7 Å². The summed E-state index contributed by atoms with van der Waals surface area (Å²) < 4.78 is -2.55. The first kappa shape index (κ1) is 48.0. The third-order valence-electron chi connectivity index (χ3n) is 9.30. The van der Waals surface area contributed by atoms with E-state index in [1.165, 1.54) is 12.1 Å². The Morgan fingerprint density at radius 2 is 1.37 bits per heavy atom. The van der Waals surface area contributed by atoms with Crippen molar-refractivity contribution < 1.29 is 48.6 Å². The summed E-state index contributed by atoms with van der Waals surface area (Å²) in [6.45, 7) is 9.28. The zero-order chi connectivity index (χ0) is 44.2. The molecule has 18 nitrogen and oxygen atoms in total. The molecule has 1 unspecified atom stereocenters. The van der Waals surface area contributed by atoms with Gasteiger partial charge in [-0.15, -0.1) is 0 Å². The van der Waals surface area contributed by atoms with Crippen LogP contribution in [0.15, 0.2) is 54.6 Å². The van der Waals surface area contributed by atoms with Crippen molar-refractivity contribution in [3.8, 4) is 5.75 Å². The van der Waals surface area contributed by atoms with E-state index in [4.69, 9.17) is 11.5 Å². The third kappa shape index (κ3) is 14.5. The number of carboxylic acids is 1. The molecule has 0 bridgehead atoms. The molecule has 6 atom stereocenters. The number of carbonyl (C=O) groups is 8. The summed E-state index contributed by atoms with van der Waals surface area (Å²) in [5.41, 5.74) is 12.7. The molecule has 1 aliphatic heterocycles. The van der Waals surface area contributed by atoms with Crippen LogP contribution in [0.3, 0.4) is 0 Å². The van der Waals surface area contributed by atoms with Crippen molar-refractivity contribution in [2.45, 2.75) is 107 Å². The number of carboxylic acid groups (broad SMARTS) is 1. The Bertz CT molecular complexity index is 1860. The van der Waals surface area contributed by atoms with Gasteiger partial charge in [0, 0.05) is 15.9 Å². The SMILES string of the molecule is CC(C)[C@H](NC(=O)C1NC(=O)[C@H](CC(=O)O)NC(=O)[C@H](Cc2ccccc2)NC(=O)[C@H](NC(=O)[C@@H](N)Cc2ccc(O)cc2)C(C)(C)SSC1(C)C)C(=O)NCC(N)=O. The molecule has 0 aliphatic carbocycles. The van der Waals surface area contributed by atoms with E-state index in [1.807, 2.05) is 0 Å². The lowest BCUT2D eigenvalue weighted by Crippen LogP contribution is -2.65. The fraction of sp³-hybridized carbons (Fsp3) is 0.487. The van der Waals surface area contributed by atoms with Crippen LogP contribution in [0.5, 0.6) is 5.75 Å². The second kappa shape index (κ2) is 21.1. The van der Waals surface area contributed by atoms with Gasteiger partial charge in [-0.1, -0.05) is 77.9 Å². The number of amides is 7. The molecule has 1 heterocycles. The van der Waals surface area contributed by atoms with E-state index in [0.29, 0.717) is 11.1 Å². The van der Waals surface area contributed by atoms with Gasteiger partial charge >= 0.3 is 5.97 Å². The first-order valence-electron chi connectivity index (χ1n) is 18.7. The molecule has 0 spiro atoms. The Morgan fingerprint density at radius 3 is 1.95 bits per heavy atom. The molecular weight excluding hydrogens is 805 g/mol. The number of phenolic OH excluding ortho intramolecular Hbond substituents is 1. The summed E-state index contributed by atoms with van der Waals surface area (Å²) in [4.78, 5) is 107. The van der Waals surface area contributed by atoms with Gasteiger partial charge in [0.05, 0.1) is 19.0 Å². The monoisotopic (exact) mass is 858 g/mol. The summed E-state index contributed by atoms with van der Waals surface area (Å²) in [7, 11) is 2.14. The minimum atomic E-state index is -1.74. The van der Waals surface area contributed by atoms with E-state index in [1.54, 1.807) is 84.0 Å². The third-order valence-corrected chi connectivity index (χ3v) is 13.5. The molecule has 1 fully saturated rings.